The minimum absolute atomic E-state index is 0.0121. The Morgan fingerprint density at radius 2 is 2.00 bits per heavy atom. The predicted octanol–water partition coefficient (Wildman–Crippen LogP) is 2.03. The van der Waals surface area contributed by atoms with Crippen LogP contribution in [0.1, 0.15) is 34.8 Å². The predicted molar refractivity (Wildman–Crippen MR) is 86.4 cm³/mol. The Labute approximate surface area is 139 Å². The molecule has 0 saturated carbocycles. The zero-order valence-corrected chi connectivity index (χ0v) is 13.0. The first kappa shape index (κ1) is 14.5. The van der Waals surface area contributed by atoms with Crippen molar-refractivity contribution >= 4 is 5.91 Å². The van der Waals surface area contributed by atoms with Gasteiger partial charge in [0.2, 0.25) is 0 Å². The highest BCUT2D eigenvalue weighted by molar-refractivity contribution is 5.95. The molecule has 1 unspecified atom stereocenters. The molecule has 0 aromatic carbocycles. The van der Waals surface area contributed by atoms with Crippen LogP contribution in [0.5, 0.6) is 0 Å². The van der Waals surface area contributed by atoms with E-state index in [4.69, 9.17) is 0 Å². The first-order valence-corrected chi connectivity index (χ1v) is 7.85. The van der Waals surface area contributed by atoms with Gasteiger partial charge in [-0.3, -0.25) is 9.78 Å². The summed E-state index contributed by atoms with van der Waals surface area (Å²) in [6, 6.07) is 7.54. The lowest BCUT2D eigenvalue weighted by atomic mass is 10.1. The van der Waals surface area contributed by atoms with E-state index in [1.807, 2.05) is 17.0 Å². The van der Waals surface area contributed by atoms with Crippen molar-refractivity contribution in [2.24, 2.45) is 0 Å². The maximum Gasteiger partial charge on any atom is 0.254 e. The van der Waals surface area contributed by atoms with Crippen LogP contribution < -0.4 is 0 Å². The lowest BCUT2D eigenvalue weighted by Crippen LogP contribution is -2.30. The van der Waals surface area contributed by atoms with Crippen molar-refractivity contribution in [2.45, 2.75) is 18.9 Å². The summed E-state index contributed by atoms with van der Waals surface area (Å²) in [6.07, 6.45) is 10.1. The highest BCUT2D eigenvalue weighted by Crippen LogP contribution is 2.32. The van der Waals surface area contributed by atoms with Crippen molar-refractivity contribution in [1.29, 1.82) is 0 Å². The summed E-state index contributed by atoms with van der Waals surface area (Å²) in [5.74, 6) is 0.594. The third-order valence-corrected chi connectivity index (χ3v) is 4.25. The van der Waals surface area contributed by atoms with E-state index in [1.165, 1.54) is 6.33 Å². The molecule has 4 rings (SSSR count). The van der Waals surface area contributed by atoms with Crippen LogP contribution in [0.4, 0.5) is 0 Å². The van der Waals surface area contributed by atoms with E-state index in [0.29, 0.717) is 11.4 Å². The number of nitrogens with zero attached hydrogens (tertiary/aromatic N) is 6. The molecule has 120 valence electrons. The smallest absolute Gasteiger partial charge is 0.254 e. The van der Waals surface area contributed by atoms with Crippen LogP contribution in [-0.2, 0) is 0 Å². The average molecular weight is 320 g/mol. The molecule has 7 nitrogen and oxygen atoms in total. The van der Waals surface area contributed by atoms with E-state index in [9.17, 15) is 4.79 Å². The molecule has 0 radical (unpaired) electrons. The van der Waals surface area contributed by atoms with E-state index < -0.39 is 0 Å². The Morgan fingerprint density at radius 1 is 1.12 bits per heavy atom. The SMILES string of the molecule is O=C(c1ccnc(-n2cncn2)c1)N1CCCC1c1ccncc1. The molecule has 7 heteroatoms. The van der Waals surface area contributed by atoms with Gasteiger partial charge in [-0.15, -0.1) is 0 Å². The van der Waals surface area contributed by atoms with Gasteiger partial charge in [-0.1, -0.05) is 0 Å². The average Bonchev–Trinajstić information content (AvgIpc) is 3.34. The number of aromatic nitrogens is 5. The Hall–Kier alpha value is -3.09. The lowest BCUT2D eigenvalue weighted by Gasteiger charge is -2.25. The first-order chi connectivity index (χ1) is 11.8. The Bertz CT molecular complexity index is 833. The van der Waals surface area contributed by atoms with Gasteiger partial charge in [0.15, 0.2) is 5.82 Å². The van der Waals surface area contributed by atoms with Crippen molar-refractivity contribution in [2.75, 3.05) is 6.54 Å². The van der Waals surface area contributed by atoms with E-state index in [2.05, 4.69) is 20.1 Å². The second-order valence-corrected chi connectivity index (χ2v) is 5.68. The number of hydrogen-bond acceptors (Lipinski definition) is 5. The summed E-state index contributed by atoms with van der Waals surface area (Å²) in [6.45, 7) is 0.757. The lowest BCUT2D eigenvalue weighted by molar-refractivity contribution is 0.0735. The van der Waals surface area contributed by atoms with Crippen LogP contribution in [0.15, 0.2) is 55.5 Å². The summed E-state index contributed by atoms with van der Waals surface area (Å²) >= 11 is 0. The zero-order valence-electron chi connectivity index (χ0n) is 13.0. The quantitative estimate of drug-likeness (QED) is 0.738. The summed E-state index contributed by atoms with van der Waals surface area (Å²) < 4.78 is 1.54. The van der Waals surface area contributed by atoms with Crippen molar-refractivity contribution in [3.8, 4) is 5.82 Å². The van der Waals surface area contributed by atoms with Gasteiger partial charge in [-0.2, -0.15) is 5.10 Å². The van der Waals surface area contributed by atoms with Crippen LogP contribution in [-0.4, -0.2) is 42.1 Å². The van der Waals surface area contributed by atoms with Gasteiger partial charge < -0.3 is 4.90 Å². The second-order valence-electron chi connectivity index (χ2n) is 5.68. The van der Waals surface area contributed by atoms with E-state index in [0.717, 1.165) is 24.9 Å². The summed E-state index contributed by atoms with van der Waals surface area (Å²) in [5.41, 5.74) is 1.73. The Kier molecular flexibility index (Phi) is 3.74. The Morgan fingerprint density at radius 3 is 2.79 bits per heavy atom. The van der Waals surface area contributed by atoms with Gasteiger partial charge in [0.05, 0.1) is 6.04 Å². The molecule has 0 bridgehead atoms. The van der Waals surface area contributed by atoms with Gasteiger partial charge in [0, 0.05) is 30.7 Å². The molecule has 1 saturated heterocycles. The third kappa shape index (κ3) is 2.64. The highest BCUT2D eigenvalue weighted by Gasteiger charge is 2.30. The fourth-order valence-electron chi connectivity index (χ4n) is 3.11. The second kappa shape index (κ2) is 6.19. The molecule has 0 aliphatic carbocycles. The largest absolute Gasteiger partial charge is 0.332 e. The molecule has 1 fully saturated rings. The van der Waals surface area contributed by atoms with Gasteiger partial charge in [-0.05, 0) is 42.7 Å². The van der Waals surface area contributed by atoms with Crippen molar-refractivity contribution in [3.63, 3.8) is 0 Å². The number of amides is 1. The van der Waals surface area contributed by atoms with Crippen molar-refractivity contribution in [3.05, 3.63) is 66.6 Å². The van der Waals surface area contributed by atoms with Crippen LogP contribution in [0.3, 0.4) is 0 Å². The van der Waals surface area contributed by atoms with Crippen LogP contribution in [0, 0.1) is 0 Å². The molecule has 1 amide bonds. The molecule has 1 aliphatic heterocycles. The normalized spacial score (nSPS) is 17.2. The molecule has 24 heavy (non-hydrogen) atoms. The molecular weight excluding hydrogens is 304 g/mol. The Balaban J connectivity index is 1.62. The van der Waals surface area contributed by atoms with Gasteiger partial charge >= 0.3 is 0 Å². The van der Waals surface area contributed by atoms with E-state index in [1.54, 1.807) is 41.7 Å². The van der Waals surface area contributed by atoms with Crippen molar-refractivity contribution < 1.29 is 4.79 Å². The molecule has 0 spiro atoms. The molecule has 1 aliphatic rings. The van der Waals surface area contributed by atoms with Crippen LogP contribution in [0.25, 0.3) is 5.82 Å². The molecule has 4 heterocycles. The maximum absolute atomic E-state index is 13.0. The van der Waals surface area contributed by atoms with E-state index >= 15 is 0 Å². The molecule has 3 aromatic heterocycles. The monoisotopic (exact) mass is 320 g/mol. The molecule has 0 N–H and O–H groups in total. The summed E-state index contributed by atoms with van der Waals surface area (Å²) in [4.78, 5) is 27.1. The molecule has 3 aromatic rings. The topological polar surface area (TPSA) is 76.8 Å². The molecule has 1 atom stereocenters. The number of likely N-dealkylation sites (tertiary alicyclic amines) is 1. The van der Waals surface area contributed by atoms with Gasteiger partial charge in [-0.25, -0.2) is 14.6 Å². The fourth-order valence-corrected chi connectivity index (χ4v) is 3.11. The number of hydrogen-bond donors (Lipinski definition) is 0. The highest BCUT2D eigenvalue weighted by atomic mass is 16.2. The number of rotatable bonds is 3. The van der Waals surface area contributed by atoms with Crippen molar-refractivity contribution in [1.82, 2.24) is 29.6 Å². The van der Waals surface area contributed by atoms with Gasteiger partial charge in [0.1, 0.15) is 12.7 Å². The minimum atomic E-state index is 0.0121. The number of carbonyl (C=O) groups excluding carboxylic acids is 1. The first-order valence-electron chi connectivity index (χ1n) is 7.85. The van der Waals surface area contributed by atoms with Crippen LogP contribution in [0.2, 0.25) is 0 Å². The zero-order chi connectivity index (χ0) is 16.4. The molecular formula is C17H16N6O. The minimum Gasteiger partial charge on any atom is -0.332 e. The summed E-state index contributed by atoms with van der Waals surface area (Å²) in [5, 5.41) is 4.06. The number of pyridine rings is 2. The van der Waals surface area contributed by atoms with E-state index in [-0.39, 0.29) is 11.9 Å². The van der Waals surface area contributed by atoms with Crippen LogP contribution >= 0.6 is 0 Å². The van der Waals surface area contributed by atoms with Gasteiger partial charge in [0.25, 0.3) is 5.91 Å². The standard InChI is InChI=1S/C17H16N6O/c24-17(14-5-8-20-16(10-14)23-12-19-11-21-23)22-9-1-2-15(22)13-3-6-18-7-4-13/h3-8,10-12,15H,1-2,9H2. The maximum atomic E-state index is 13.0. The fraction of sp³-hybridized carbons (Fsp3) is 0.235. The number of carbonyl (C=O) groups is 1. The third-order valence-electron chi connectivity index (χ3n) is 4.25. The summed E-state index contributed by atoms with van der Waals surface area (Å²) in [7, 11) is 0.